The van der Waals surface area contributed by atoms with Gasteiger partial charge in [0.1, 0.15) is 22.4 Å². The predicted molar refractivity (Wildman–Crippen MR) is 98.8 cm³/mol. The van der Waals surface area contributed by atoms with Crippen LogP contribution in [0.3, 0.4) is 0 Å². The van der Waals surface area contributed by atoms with Gasteiger partial charge in [0.15, 0.2) is 5.82 Å². The van der Waals surface area contributed by atoms with Crippen LogP contribution in [-0.2, 0) is 17.6 Å². The molecule has 0 fully saturated rings. The summed E-state index contributed by atoms with van der Waals surface area (Å²) in [5.74, 6) is 0.296. The maximum Gasteiger partial charge on any atom is 0.242 e. The summed E-state index contributed by atoms with van der Waals surface area (Å²) in [5.41, 5.74) is 7.15. The first kappa shape index (κ1) is 16.8. The number of aliphatic hydroxyl groups is 1. The third-order valence-corrected chi connectivity index (χ3v) is 5.63. The quantitative estimate of drug-likeness (QED) is 0.617. The highest BCUT2D eigenvalue weighted by Gasteiger charge is 2.24. The molecule has 1 atom stereocenters. The fraction of sp³-hybridized carbons (Fsp3) is 0.353. The molecule has 1 aliphatic rings. The van der Waals surface area contributed by atoms with Crippen molar-refractivity contribution in [2.24, 2.45) is 5.73 Å². The van der Waals surface area contributed by atoms with Crippen molar-refractivity contribution in [2.75, 3.05) is 11.9 Å². The standard InChI is InChI=1S/C17H18N6O2S/c18-14(25)11(8-24)21-16-13-9-3-1-2-4-12(9)26-17(13)23-15(22-16)10-7-19-5-6-20-10/h5-7,11,24H,1-4,8H2,(H2,18,25)(H,21,22,23)/t11-/m0/s1. The van der Waals surface area contributed by atoms with Gasteiger partial charge in [0, 0.05) is 17.3 Å². The Kier molecular flexibility index (Phi) is 4.48. The van der Waals surface area contributed by atoms with Gasteiger partial charge in [0.05, 0.1) is 18.2 Å². The van der Waals surface area contributed by atoms with Gasteiger partial charge in [0.25, 0.3) is 0 Å². The molecular formula is C17H18N6O2S. The first-order valence-corrected chi connectivity index (χ1v) is 9.24. The molecule has 8 nitrogen and oxygen atoms in total. The van der Waals surface area contributed by atoms with Crippen molar-refractivity contribution < 1.29 is 9.90 Å². The number of hydrogen-bond donors (Lipinski definition) is 3. The maximum absolute atomic E-state index is 11.6. The van der Waals surface area contributed by atoms with E-state index < -0.39 is 18.6 Å². The highest BCUT2D eigenvalue weighted by Crippen LogP contribution is 2.39. The van der Waals surface area contributed by atoms with Crippen molar-refractivity contribution in [3.8, 4) is 11.5 Å². The van der Waals surface area contributed by atoms with Crippen LogP contribution in [0.5, 0.6) is 0 Å². The van der Waals surface area contributed by atoms with Gasteiger partial charge in [0.2, 0.25) is 5.91 Å². The second-order valence-electron chi connectivity index (χ2n) is 6.16. The SMILES string of the molecule is NC(=O)[C@H](CO)Nc1nc(-c2cnccn2)nc2sc3c(c12)CCCC3. The Labute approximate surface area is 153 Å². The van der Waals surface area contributed by atoms with Crippen LogP contribution in [0.15, 0.2) is 18.6 Å². The molecule has 1 amide bonds. The van der Waals surface area contributed by atoms with Crippen molar-refractivity contribution in [2.45, 2.75) is 31.7 Å². The molecule has 0 aromatic carbocycles. The number of thiophene rings is 1. The average Bonchev–Trinajstić information content (AvgIpc) is 3.05. The van der Waals surface area contributed by atoms with Gasteiger partial charge in [-0.05, 0) is 31.2 Å². The van der Waals surface area contributed by atoms with Crippen LogP contribution < -0.4 is 11.1 Å². The van der Waals surface area contributed by atoms with E-state index in [0.29, 0.717) is 17.3 Å². The highest BCUT2D eigenvalue weighted by atomic mass is 32.1. The Bertz CT molecular complexity index is 959. The molecular weight excluding hydrogens is 352 g/mol. The number of aliphatic hydroxyl groups excluding tert-OH is 1. The Balaban J connectivity index is 1.90. The number of nitrogens with zero attached hydrogens (tertiary/aromatic N) is 4. The van der Waals surface area contributed by atoms with E-state index in [1.807, 2.05) is 0 Å². The van der Waals surface area contributed by atoms with E-state index in [1.165, 1.54) is 10.4 Å². The summed E-state index contributed by atoms with van der Waals surface area (Å²) in [7, 11) is 0. The Morgan fingerprint density at radius 1 is 1.31 bits per heavy atom. The number of aryl methyl sites for hydroxylation is 2. The molecule has 3 heterocycles. The summed E-state index contributed by atoms with van der Waals surface area (Å²) in [6.45, 7) is -0.409. The second-order valence-corrected chi connectivity index (χ2v) is 7.24. The molecule has 0 unspecified atom stereocenters. The summed E-state index contributed by atoms with van der Waals surface area (Å²) in [5, 5.41) is 13.4. The molecule has 9 heteroatoms. The van der Waals surface area contributed by atoms with Crippen LogP contribution in [0.1, 0.15) is 23.3 Å². The number of fused-ring (bicyclic) bond motifs is 3. The van der Waals surface area contributed by atoms with Gasteiger partial charge >= 0.3 is 0 Å². The van der Waals surface area contributed by atoms with Crippen LogP contribution in [0.2, 0.25) is 0 Å². The predicted octanol–water partition coefficient (Wildman–Crippen LogP) is 1.29. The molecule has 0 radical (unpaired) electrons. The molecule has 134 valence electrons. The van der Waals surface area contributed by atoms with Gasteiger partial charge in [-0.1, -0.05) is 0 Å². The van der Waals surface area contributed by atoms with E-state index in [-0.39, 0.29) is 0 Å². The maximum atomic E-state index is 11.6. The first-order valence-electron chi connectivity index (χ1n) is 8.42. The summed E-state index contributed by atoms with van der Waals surface area (Å²) >= 11 is 1.65. The molecule has 3 aromatic rings. The van der Waals surface area contributed by atoms with Crippen LogP contribution >= 0.6 is 11.3 Å². The molecule has 1 aliphatic carbocycles. The number of carbonyl (C=O) groups is 1. The van der Waals surface area contributed by atoms with Gasteiger partial charge in [-0.3, -0.25) is 9.78 Å². The van der Waals surface area contributed by atoms with Crippen molar-refractivity contribution in [3.05, 3.63) is 29.0 Å². The molecule has 0 bridgehead atoms. The lowest BCUT2D eigenvalue weighted by Gasteiger charge is -2.16. The fourth-order valence-corrected chi connectivity index (χ4v) is 4.42. The molecule has 26 heavy (non-hydrogen) atoms. The second kappa shape index (κ2) is 6.93. The number of nitrogens with one attached hydrogen (secondary N) is 1. The summed E-state index contributed by atoms with van der Waals surface area (Å²) in [6, 6.07) is -0.915. The van der Waals surface area contributed by atoms with Gasteiger partial charge in [-0.15, -0.1) is 11.3 Å². The number of hydrogen-bond acceptors (Lipinski definition) is 8. The first-order chi connectivity index (χ1) is 12.7. The lowest BCUT2D eigenvalue weighted by atomic mass is 9.97. The number of anilines is 1. The summed E-state index contributed by atoms with van der Waals surface area (Å²) < 4.78 is 0. The number of primary amides is 1. The molecule has 0 spiro atoms. The number of amides is 1. The number of aromatic nitrogens is 4. The van der Waals surface area contributed by atoms with Gasteiger partial charge < -0.3 is 16.2 Å². The monoisotopic (exact) mass is 370 g/mol. The Morgan fingerprint density at radius 3 is 2.88 bits per heavy atom. The summed E-state index contributed by atoms with van der Waals surface area (Å²) in [4.78, 5) is 31.3. The Morgan fingerprint density at radius 2 is 2.15 bits per heavy atom. The third-order valence-electron chi connectivity index (χ3n) is 4.44. The number of carbonyl (C=O) groups excluding carboxylic acids is 1. The van der Waals surface area contributed by atoms with E-state index in [9.17, 15) is 9.90 Å². The molecule has 0 saturated heterocycles. The largest absolute Gasteiger partial charge is 0.394 e. The van der Waals surface area contributed by atoms with Gasteiger partial charge in [-0.2, -0.15) is 0 Å². The van der Waals surface area contributed by atoms with E-state index in [2.05, 4.69) is 25.3 Å². The third kappa shape index (κ3) is 2.99. The van der Waals surface area contributed by atoms with Crippen molar-refractivity contribution in [1.29, 1.82) is 0 Å². The van der Waals surface area contributed by atoms with Crippen LogP contribution in [0.4, 0.5) is 5.82 Å². The van der Waals surface area contributed by atoms with E-state index in [0.717, 1.165) is 35.9 Å². The lowest BCUT2D eigenvalue weighted by Crippen LogP contribution is -2.38. The van der Waals surface area contributed by atoms with E-state index in [1.54, 1.807) is 29.9 Å². The van der Waals surface area contributed by atoms with Crippen LogP contribution in [0, 0.1) is 0 Å². The number of nitrogens with two attached hydrogens (primary N) is 1. The Hall–Kier alpha value is -2.65. The minimum atomic E-state index is -0.915. The van der Waals surface area contributed by atoms with Crippen molar-refractivity contribution in [1.82, 2.24) is 19.9 Å². The molecule has 3 aromatic heterocycles. The zero-order chi connectivity index (χ0) is 18.1. The van der Waals surface area contributed by atoms with Crippen molar-refractivity contribution >= 4 is 33.3 Å². The normalized spacial score (nSPS) is 14.8. The zero-order valence-corrected chi connectivity index (χ0v) is 14.8. The minimum absolute atomic E-state index is 0.409. The molecule has 0 saturated carbocycles. The molecule has 0 aliphatic heterocycles. The van der Waals surface area contributed by atoms with E-state index in [4.69, 9.17) is 5.73 Å². The number of rotatable bonds is 5. The highest BCUT2D eigenvalue weighted by molar-refractivity contribution is 7.19. The zero-order valence-electron chi connectivity index (χ0n) is 14.0. The van der Waals surface area contributed by atoms with E-state index >= 15 is 0 Å². The van der Waals surface area contributed by atoms with Crippen LogP contribution in [0.25, 0.3) is 21.7 Å². The smallest absolute Gasteiger partial charge is 0.242 e. The summed E-state index contributed by atoms with van der Waals surface area (Å²) in [6.07, 6.45) is 9.01. The molecule has 4 N–H and O–H groups in total. The van der Waals surface area contributed by atoms with Crippen LogP contribution in [-0.4, -0.2) is 43.6 Å². The van der Waals surface area contributed by atoms with Crippen molar-refractivity contribution in [3.63, 3.8) is 0 Å². The average molecular weight is 370 g/mol. The van der Waals surface area contributed by atoms with Gasteiger partial charge in [-0.25, -0.2) is 15.0 Å². The topological polar surface area (TPSA) is 127 Å². The lowest BCUT2D eigenvalue weighted by molar-refractivity contribution is -0.119. The fourth-order valence-electron chi connectivity index (χ4n) is 3.16. The minimum Gasteiger partial charge on any atom is -0.394 e. The molecule has 4 rings (SSSR count).